The molecule has 0 saturated heterocycles. The van der Waals surface area contributed by atoms with Crippen LogP contribution in [0.25, 0.3) is 11.1 Å². The molecule has 10 rings (SSSR count). The van der Waals surface area contributed by atoms with Crippen molar-refractivity contribution >= 4 is 34.1 Å². The van der Waals surface area contributed by atoms with Gasteiger partial charge in [-0.1, -0.05) is 100 Å². The summed E-state index contributed by atoms with van der Waals surface area (Å²) >= 11 is 0. The van der Waals surface area contributed by atoms with E-state index in [-0.39, 0.29) is 10.8 Å². The molecule has 0 amide bonds. The van der Waals surface area contributed by atoms with Crippen molar-refractivity contribution in [3.63, 3.8) is 0 Å². The Labute approximate surface area is 269 Å². The Hall–Kier alpha value is -5.48. The highest BCUT2D eigenvalue weighted by molar-refractivity contribution is 5.96. The van der Waals surface area contributed by atoms with E-state index < -0.39 is 0 Å². The predicted molar refractivity (Wildman–Crippen MR) is 186 cm³/mol. The Morgan fingerprint density at radius 1 is 0.391 bits per heavy atom. The minimum Gasteiger partial charge on any atom is -0.453 e. The van der Waals surface area contributed by atoms with Gasteiger partial charge in [0.05, 0.1) is 34.1 Å². The Bertz CT molecular complexity index is 2140. The molecule has 6 aromatic rings. The van der Waals surface area contributed by atoms with Gasteiger partial charge in [-0.15, -0.1) is 0 Å². The van der Waals surface area contributed by atoms with Crippen LogP contribution in [0.2, 0.25) is 0 Å². The molecule has 4 heteroatoms. The largest absolute Gasteiger partial charge is 0.453 e. The van der Waals surface area contributed by atoms with E-state index in [4.69, 9.17) is 9.47 Å². The van der Waals surface area contributed by atoms with E-state index in [1.807, 2.05) is 0 Å². The van der Waals surface area contributed by atoms with Gasteiger partial charge in [0.15, 0.2) is 23.0 Å². The molecule has 0 saturated carbocycles. The average Bonchev–Trinajstić information content (AvgIpc) is 3.07. The van der Waals surface area contributed by atoms with Gasteiger partial charge in [-0.3, -0.25) is 0 Å². The van der Waals surface area contributed by atoms with Crippen LogP contribution in [0.15, 0.2) is 121 Å². The van der Waals surface area contributed by atoms with Crippen LogP contribution in [0.5, 0.6) is 23.0 Å². The first-order valence-corrected chi connectivity index (χ1v) is 16.0. The molecule has 46 heavy (non-hydrogen) atoms. The van der Waals surface area contributed by atoms with Crippen LogP contribution < -0.4 is 19.3 Å². The topological polar surface area (TPSA) is 24.9 Å². The average molecular weight is 597 g/mol. The molecule has 6 aromatic carbocycles. The molecule has 0 atom stereocenters. The van der Waals surface area contributed by atoms with Crippen molar-refractivity contribution in [2.24, 2.45) is 0 Å². The number of para-hydroxylation sites is 4. The van der Waals surface area contributed by atoms with Crippen LogP contribution in [-0.4, -0.2) is 0 Å². The standard InChI is InChI=1S/C42H32N2O2/c1-41(2)27-11-5-7-15-31(27)43-33-21-19-25(23-37(33)45-35-17-9-13-29(41)39(35)43)26-20-22-34-38(24-26)46-36-18-10-14-30-40(36)44(34)32-16-8-6-12-28(32)42(30,3)4/h5-24H,1-4H3. The summed E-state index contributed by atoms with van der Waals surface area (Å²) in [7, 11) is 0. The Morgan fingerprint density at radius 2 is 0.804 bits per heavy atom. The fraction of sp³-hybridized carbons (Fsp3) is 0.143. The van der Waals surface area contributed by atoms with Gasteiger partial charge in [-0.2, -0.15) is 0 Å². The van der Waals surface area contributed by atoms with E-state index in [9.17, 15) is 0 Å². The summed E-state index contributed by atoms with van der Waals surface area (Å²) < 4.78 is 13.4. The zero-order valence-corrected chi connectivity index (χ0v) is 26.3. The number of rotatable bonds is 1. The lowest BCUT2D eigenvalue weighted by Gasteiger charge is -2.45. The van der Waals surface area contributed by atoms with E-state index in [2.05, 4.69) is 159 Å². The van der Waals surface area contributed by atoms with E-state index in [0.29, 0.717) is 0 Å². The molecule has 222 valence electrons. The van der Waals surface area contributed by atoms with Crippen LogP contribution in [0.4, 0.5) is 34.1 Å². The van der Waals surface area contributed by atoms with Crippen molar-refractivity contribution in [1.82, 2.24) is 0 Å². The van der Waals surface area contributed by atoms with E-state index in [1.54, 1.807) is 0 Å². The van der Waals surface area contributed by atoms with Crippen LogP contribution in [-0.2, 0) is 10.8 Å². The van der Waals surface area contributed by atoms with Crippen molar-refractivity contribution in [3.05, 3.63) is 144 Å². The molecule has 0 aliphatic carbocycles. The van der Waals surface area contributed by atoms with Crippen LogP contribution >= 0.6 is 0 Å². The Morgan fingerprint density at radius 3 is 1.26 bits per heavy atom. The van der Waals surface area contributed by atoms with E-state index in [1.165, 1.54) is 33.6 Å². The van der Waals surface area contributed by atoms with Gasteiger partial charge in [0, 0.05) is 10.8 Å². The Balaban J connectivity index is 1.10. The highest BCUT2D eigenvalue weighted by Gasteiger charge is 2.43. The summed E-state index contributed by atoms with van der Waals surface area (Å²) in [5, 5.41) is 0. The summed E-state index contributed by atoms with van der Waals surface area (Å²) in [6.45, 7) is 9.21. The molecular formula is C42H32N2O2. The van der Waals surface area contributed by atoms with Gasteiger partial charge in [0.2, 0.25) is 0 Å². The number of fused-ring (bicyclic) bond motifs is 8. The molecule has 4 aliphatic heterocycles. The normalized spacial score (nSPS) is 16.4. The number of ether oxygens (including phenoxy) is 2. The monoisotopic (exact) mass is 596 g/mol. The molecule has 4 heterocycles. The second-order valence-electron chi connectivity index (χ2n) is 13.8. The maximum absolute atomic E-state index is 6.69. The van der Waals surface area contributed by atoms with Crippen LogP contribution in [0.1, 0.15) is 49.9 Å². The zero-order chi connectivity index (χ0) is 30.9. The molecule has 0 unspecified atom stereocenters. The van der Waals surface area contributed by atoms with E-state index in [0.717, 1.165) is 56.9 Å². The number of hydrogen-bond donors (Lipinski definition) is 0. The van der Waals surface area contributed by atoms with Crippen LogP contribution in [0, 0.1) is 0 Å². The maximum atomic E-state index is 6.69. The molecule has 0 spiro atoms. The first-order chi connectivity index (χ1) is 22.3. The molecule has 4 nitrogen and oxygen atoms in total. The first kappa shape index (κ1) is 25.8. The third-order valence-corrected chi connectivity index (χ3v) is 10.6. The van der Waals surface area contributed by atoms with E-state index >= 15 is 0 Å². The smallest absolute Gasteiger partial charge is 0.152 e. The van der Waals surface area contributed by atoms with Crippen molar-refractivity contribution < 1.29 is 9.47 Å². The minimum absolute atomic E-state index is 0.133. The zero-order valence-electron chi connectivity index (χ0n) is 26.3. The molecule has 0 aromatic heterocycles. The van der Waals surface area contributed by atoms with Gasteiger partial charge >= 0.3 is 0 Å². The van der Waals surface area contributed by atoms with Gasteiger partial charge in [0.25, 0.3) is 0 Å². The number of benzene rings is 6. The molecule has 0 N–H and O–H groups in total. The fourth-order valence-corrected chi connectivity index (χ4v) is 8.26. The third-order valence-electron chi connectivity index (χ3n) is 10.6. The molecular weight excluding hydrogens is 564 g/mol. The van der Waals surface area contributed by atoms with Gasteiger partial charge in [-0.05, 0) is 81.9 Å². The third kappa shape index (κ3) is 3.18. The number of hydrogen-bond acceptors (Lipinski definition) is 4. The fourth-order valence-electron chi connectivity index (χ4n) is 8.26. The van der Waals surface area contributed by atoms with Gasteiger partial charge < -0.3 is 19.3 Å². The van der Waals surface area contributed by atoms with Crippen molar-refractivity contribution in [2.75, 3.05) is 9.80 Å². The predicted octanol–water partition coefficient (Wildman–Crippen LogP) is 11.8. The summed E-state index contributed by atoms with van der Waals surface area (Å²) in [5.74, 6) is 3.46. The number of nitrogens with zero attached hydrogens (tertiary/aromatic N) is 2. The first-order valence-electron chi connectivity index (χ1n) is 16.0. The quantitative estimate of drug-likeness (QED) is 0.188. The second-order valence-corrected chi connectivity index (χ2v) is 13.8. The lowest BCUT2D eigenvalue weighted by Crippen LogP contribution is -2.32. The van der Waals surface area contributed by atoms with Crippen molar-refractivity contribution in [1.29, 1.82) is 0 Å². The lowest BCUT2D eigenvalue weighted by atomic mass is 9.73. The summed E-state index contributed by atoms with van der Waals surface area (Å²) in [6.07, 6.45) is 0. The molecule has 0 bridgehead atoms. The second kappa shape index (κ2) is 8.61. The highest BCUT2D eigenvalue weighted by Crippen LogP contribution is 2.62. The summed E-state index contributed by atoms with van der Waals surface area (Å²) in [6, 6.07) is 43.5. The molecule has 0 radical (unpaired) electrons. The van der Waals surface area contributed by atoms with Crippen LogP contribution in [0.3, 0.4) is 0 Å². The molecule has 4 aliphatic rings. The summed E-state index contributed by atoms with van der Waals surface area (Å²) in [5.41, 5.74) is 13.9. The van der Waals surface area contributed by atoms with Crippen molar-refractivity contribution in [2.45, 2.75) is 38.5 Å². The maximum Gasteiger partial charge on any atom is 0.152 e. The van der Waals surface area contributed by atoms with Crippen molar-refractivity contribution in [3.8, 4) is 34.1 Å². The highest BCUT2D eigenvalue weighted by atomic mass is 16.5. The molecule has 0 fully saturated rings. The number of anilines is 6. The summed E-state index contributed by atoms with van der Waals surface area (Å²) in [4.78, 5) is 4.77. The van der Waals surface area contributed by atoms with Gasteiger partial charge in [-0.25, -0.2) is 0 Å². The van der Waals surface area contributed by atoms with Gasteiger partial charge in [0.1, 0.15) is 0 Å². The Kier molecular flexibility index (Phi) is 4.83. The SMILES string of the molecule is CC1(C)c2ccccc2N2c3ccc(-c4ccc5c(c4)Oc4cccc6c4N5c4ccccc4C6(C)C)cc3Oc3cccc1c32. The minimum atomic E-state index is -0.133. The lowest BCUT2D eigenvalue weighted by molar-refractivity contribution is 0.470.